The predicted octanol–water partition coefficient (Wildman–Crippen LogP) is 2.94. The molecule has 0 aliphatic rings. The van der Waals surface area contributed by atoms with E-state index in [-0.39, 0.29) is 11.5 Å². The van der Waals surface area contributed by atoms with Gasteiger partial charge in [-0.15, -0.1) is 0 Å². The van der Waals surface area contributed by atoms with Gasteiger partial charge in [-0.25, -0.2) is 9.37 Å². The molecular formula is C10H6ClFN2. The maximum Gasteiger partial charge on any atom is 0.149 e. The molecule has 2 rings (SSSR count). The predicted molar refractivity (Wildman–Crippen MR) is 52.4 cm³/mol. The highest BCUT2D eigenvalue weighted by atomic mass is 35.5. The first-order chi connectivity index (χ1) is 6.77. The molecule has 2 aromatic rings. The Morgan fingerprint density at radius 1 is 1.14 bits per heavy atom. The van der Waals surface area contributed by atoms with Crippen LogP contribution in [-0.2, 0) is 0 Å². The summed E-state index contributed by atoms with van der Waals surface area (Å²) < 4.78 is 13.3. The Morgan fingerprint density at radius 2 is 2.00 bits per heavy atom. The van der Waals surface area contributed by atoms with Crippen LogP contribution < -0.4 is 0 Å². The molecule has 0 spiro atoms. The molecule has 0 unspecified atom stereocenters. The number of pyridine rings is 2. The van der Waals surface area contributed by atoms with E-state index < -0.39 is 0 Å². The second-order valence-electron chi connectivity index (χ2n) is 2.70. The van der Waals surface area contributed by atoms with Crippen LogP contribution in [0.5, 0.6) is 0 Å². The fourth-order valence-corrected chi connectivity index (χ4v) is 1.32. The second-order valence-corrected chi connectivity index (χ2v) is 3.09. The second kappa shape index (κ2) is 3.72. The first kappa shape index (κ1) is 9.09. The van der Waals surface area contributed by atoms with Crippen molar-refractivity contribution in [1.82, 2.24) is 9.97 Å². The standard InChI is InChI=1S/C10H6ClFN2/c11-9-6-7(3-5-13-9)10-8(12)2-1-4-14-10/h1-6H. The summed E-state index contributed by atoms with van der Waals surface area (Å²) in [5, 5.41) is 0.326. The third kappa shape index (κ3) is 1.72. The highest BCUT2D eigenvalue weighted by Crippen LogP contribution is 2.21. The van der Waals surface area contributed by atoms with Crippen molar-refractivity contribution in [3.05, 3.63) is 47.6 Å². The molecule has 0 amide bonds. The van der Waals surface area contributed by atoms with Crippen LogP contribution in [0, 0.1) is 5.82 Å². The average molecular weight is 209 g/mol. The topological polar surface area (TPSA) is 25.8 Å². The minimum absolute atomic E-state index is 0.289. The zero-order chi connectivity index (χ0) is 9.97. The van der Waals surface area contributed by atoms with Crippen LogP contribution in [0.4, 0.5) is 4.39 Å². The Labute approximate surface area is 85.4 Å². The van der Waals surface area contributed by atoms with E-state index in [1.165, 1.54) is 18.5 Å². The van der Waals surface area contributed by atoms with Crippen LogP contribution in [0.25, 0.3) is 11.3 Å². The molecular weight excluding hydrogens is 203 g/mol. The van der Waals surface area contributed by atoms with Gasteiger partial charge in [-0.05, 0) is 24.3 Å². The van der Waals surface area contributed by atoms with Gasteiger partial charge in [0, 0.05) is 18.0 Å². The van der Waals surface area contributed by atoms with Crippen molar-refractivity contribution in [2.75, 3.05) is 0 Å². The minimum atomic E-state index is -0.366. The van der Waals surface area contributed by atoms with Crippen molar-refractivity contribution in [3.63, 3.8) is 0 Å². The first-order valence-corrected chi connectivity index (χ1v) is 4.37. The summed E-state index contributed by atoms with van der Waals surface area (Å²) in [7, 11) is 0. The van der Waals surface area contributed by atoms with Crippen LogP contribution in [-0.4, -0.2) is 9.97 Å². The van der Waals surface area contributed by atoms with E-state index in [9.17, 15) is 4.39 Å². The SMILES string of the molecule is Fc1cccnc1-c1ccnc(Cl)c1. The molecule has 0 N–H and O–H groups in total. The molecule has 0 aliphatic carbocycles. The molecule has 2 aromatic heterocycles. The highest BCUT2D eigenvalue weighted by Gasteiger charge is 2.05. The third-order valence-electron chi connectivity index (χ3n) is 1.76. The van der Waals surface area contributed by atoms with E-state index in [0.29, 0.717) is 10.7 Å². The summed E-state index contributed by atoms with van der Waals surface area (Å²) in [5.41, 5.74) is 0.917. The fraction of sp³-hybridized carbons (Fsp3) is 0. The van der Waals surface area contributed by atoms with Crippen molar-refractivity contribution in [1.29, 1.82) is 0 Å². The number of halogens is 2. The quantitative estimate of drug-likeness (QED) is 0.674. The summed E-state index contributed by atoms with van der Waals surface area (Å²) in [5.74, 6) is -0.366. The van der Waals surface area contributed by atoms with E-state index in [2.05, 4.69) is 9.97 Å². The van der Waals surface area contributed by atoms with Crippen LogP contribution in [0.1, 0.15) is 0 Å². The van der Waals surface area contributed by atoms with Gasteiger partial charge in [0.25, 0.3) is 0 Å². The number of hydrogen-bond acceptors (Lipinski definition) is 2. The lowest BCUT2D eigenvalue weighted by molar-refractivity contribution is 0.625. The molecule has 0 saturated heterocycles. The van der Waals surface area contributed by atoms with Gasteiger partial charge in [0.2, 0.25) is 0 Å². The van der Waals surface area contributed by atoms with E-state index in [1.807, 2.05) is 0 Å². The molecule has 0 radical (unpaired) electrons. The van der Waals surface area contributed by atoms with Gasteiger partial charge in [0.15, 0.2) is 0 Å². The van der Waals surface area contributed by atoms with Gasteiger partial charge in [-0.2, -0.15) is 0 Å². The average Bonchev–Trinajstić information content (AvgIpc) is 2.18. The van der Waals surface area contributed by atoms with Crippen molar-refractivity contribution in [2.45, 2.75) is 0 Å². The lowest BCUT2D eigenvalue weighted by atomic mass is 10.2. The van der Waals surface area contributed by atoms with E-state index in [0.717, 1.165) is 0 Å². The lowest BCUT2D eigenvalue weighted by Gasteiger charge is -2.01. The summed E-state index contributed by atoms with van der Waals surface area (Å²) in [4.78, 5) is 7.74. The summed E-state index contributed by atoms with van der Waals surface area (Å²) >= 11 is 5.69. The largest absolute Gasteiger partial charge is 0.253 e. The Balaban J connectivity index is 2.55. The van der Waals surface area contributed by atoms with Crippen molar-refractivity contribution >= 4 is 11.6 Å². The summed E-state index contributed by atoms with van der Waals surface area (Å²) in [6.07, 6.45) is 3.05. The van der Waals surface area contributed by atoms with Gasteiger partial charge in [0.1, 0.15) is 16.7 Å². The third-order valence-corrected chi connectivity index (χ3v) is 1.97. The minimum Gasteiger partial charge on any atom is -0.253 e. The summed E-state index contributed by atoms with van der Waals surface area (Å²) in [6.45, 7) is 0. The highest BCUT2D eigenvalue weighted by molar-refractivity contribution is 6.29. The molecule has 2 nitrogen and oxygen atoms in total. The molecule has 4 heteroatoms. The maximum atomic E-state index is 13.3. The van der Waals surface area contributed by atoms with E-state index in [4.69, 9.17) is 11.6 Å². The fourth-order valence-electron chi connectivity index (χ4n) is 1.15. The lowest BCUT2D eigenvalue weighted by Crippen LogP contribution is -1.88. The number of nitrogens with zero attached hydrogens (tertiary/aromatic N) is 2. The van der Waals surface area contributed by atoms with Crippen molar-refractivity contribution < 1.29 is 4.39 Å². The van der Waals surface area contributed by atoms with Crippen LogP contribution in [0.15, 0.2) is 36.7 Å². The molecule has 0 fully saturated rings. The molecule has 0 atom stereocenters. The number of hydrogen-bond donors (Lipinski definition) is 0. The van der Waals surface area contributed by atoms with Gasteiger partial charge < -0.3 is 0 Å². The van der Waals surface area contributed by atoms with E-state index >= 15 is 0 Å². The smallest absolute Gasteiger partial charge is 0.149 e. The van der Waals surface area contributed by atoms with Crippen LogP contribution >= 0.6 is 11.6 Å². The Bertz CT molecular complexity index is 459. The van der Waals surface area contributed by atoms with E-state index in [1.54, 1.807) is 18.2 Å². The Hall–Kier alpha value is -1.48. The molecule has 0 saturated carbocycles. The van der Waals surface area contributed by atoms with Gasteiger partial charge in [0.05, 0.1) is 0 Å². The zero-order valence-electron chi connectivity index (χ0n) is 7.11. The van der Waals surface area contributed by atoms with Crippen molar-refractivity contribution in [2.24, 2.45) is 0 Å². The molecule has 14 heavy (non-hydrogen) atoms. The normalized spacial score (nSPS) is 10.1. The summed E-state index contributed by atoms with van der Waals surface area (Å²) in [6, 6.07) is 6.14. The number of aromatic nitrogens is 2. The molecule has 0 aromatic carbocycles. The molecule has 70 valence electrons. The van der Waals surface area contributed by atoms with Gasteiger partial charge in [-0.3, -0.25) is 4.98 Å². The first-order valence-electron chi connectivity index (χ1n) is 4.00. The molecule has 0 bridgehead atoms. The van der Waals surface area contributed by atoms with Crippen molar-refractivity contribution in [3.8, 4) is 11.3 Å². The molecule has 2 heterocycles. The number of rotatable bonds is 1. The maximum absolute atomic E-state index is 13.3. The van der Waals surface area contributed by atoms with Gasteiger partial charge >= 0.3 is 0 Å². The van der Waals surface area contributed by atoms with Crippen LogP contribution in [0.3, 0.4) is 0 Å². The monoisotopic (exact) mass is 208 g/mol. The van der Waals surface area contributed by atoms with Crippen LogP contribution in [0.2, 0.25) is 5.15 Å². The zero-order valence-corrected chi connectivity index (χ0v) is 7.87. The Kier molecular flexibility index (Phi) is 2.41. The Morgan fingerprint density at radius 3 is 2.71 bits per heavy atom. The van der Waals surface area contributed by atoms with Gasteiger partial charge in [-0.1, -0.05) is 11.6 Å². The molecule has 0 aliphatic heterocycles.